The van der Waals surface area contributed by atoms with Gasteiger partial charge in [-0.25, -0.2) is 0 Å². The van der Waals surface area contributed by atoms with Crippen LogP contribution in [0.1, 0.15) is 26.2 Å². The number of hydrogen-bond donors (Lipinski definition) is 1. The molecule has 2 rings (SSSR count). The third-order valence-electron chi connectivity index (χ3n) is 3.96. The van der Waals surface area contributed by atoms with Crippen LogP contribution in [0.4, 0.5) is 0 Å². The molecular formula is C14H27N3O2. The van der Waals surface area contributed by atoms with Crippen LogP contribution in [0.5, 0.6) is 0 Å². The Bertz CT molecular complexity index is 292. The summed E-state index contributed by atoms with van der Waals surface area (Å²) in [6.45, 7) is 8.42. The molecule has 5 heteroatoms. The molecule has 0 radical (unpaired) electrons. The molecule has 0 spiro atoms. The lowest BCUT2D eigenvalue weighted by molar-refractivity contribution is -0.0176. The van der Waals surface area contributed by atoms with Crippen molar-refractivity contribution in [2.75, 3.05) is 46.0 Å². The third kappa shape index (κ3) is 4.24. The molecule has 19 heavy (non-hydrogen) atoms. The number of nitrogens with two attached hydrogens (primary N) is 1. The second-order valence-electron chi connectivity index (χ2n) is 5.50. The number of rotatable bonds is 6. The highest BCUT2D eigenvalue weighted by atomic mass is 16.5. The minimum atomic E-state index is -0.363. The zero-order chi connectivity index (χ0) is 13.6. The minimum Gasteiger partial charge on any atom is -0.379 e. The van der Waals surface area contributed by atoms with Crippen molar-refractivity contribution in [1.82, 2.24) is 4.90 Å². The van der Waals surface area contributed by atoms with E-state index in [1.54, 1.807) is 0 Å². The van der Waals surface area contributed by atoms with Crippen molar-refractivity contribution in [1.29, 1.82) is 0 Å². The van der Waals surface area contributed by atoms with Gasteiger partial charge in [0, 0.05) is 32.4 Å². The maximum absolute atomic E-state index is 6.43. The number of nitrogens with zero attached hydrogens (tertiary/aromatic N) is 2. The first-order valence-corrected chi connectivity index (χ1v) is 7.46. The van der Waals surface area contributed by atoms with E-state index in [0.717, 1.165) is 65.3 Å². The van der Waals surface area contributed by atoms with Gasteiger partial charge in [-0.1, -0.05) is 13.3 Å². The summed E-state index contributed by atoms with van der Waals surface area (Å²) in [5.74, 6) is 0. The molecule has 0 bridgehead atoms. The van der Waals surface area contributed by atoms with Gasteiger partial charge in [0.2, 0.25) is 0 Å². The summed E-state index contributed by atoms with van der Waals surface area (Å²) in [5, 5.41) is 0. The molecule has 2 atom stereocenters. The van der Waals surface area contributed by atoms with Gasteiger partial charge >= 0.3 is 0 Å². The molecule has 2 unspecified atom stereocenters. The normalized spacial score (nSPS) is 32.6. The van der Waals surface area contributed by atoms with Gasteiger partial charge in [-0.3, -0.25) is 9.89 Å². The van der Waals surface area contributed by atoms with E-state index in [1.807, 2.05) is 6.21 Å². The number of morpholine rings is 1. The van der Waals surface area contributed by atoms with E-state index < -0.39 is 0 Å². The molecular weight excluding hydrogens is 242 g/mol. The van der Waals surface area contributed by atoms with Crippen LogP contribution >= 0.6 is 0 Å². The molecule has 0 saturated carbocycles. The van der Waals surface area contributed by atoms with Crippen LogP contribution in [-0.2, 0) is 9.47 Å². The molecule has 2 aliphatic rings. The van der Waals surface area contributed by atoms with E-state index in [-0.39, 0.29) is 11.6 Å². The summed E-state index contributed by atoms with van der Waals surface area (Å²) < 4.78 is 11.4. The number of hydrogen-bond acceptors (Lipinski definition) is 5. The van der Waals surface area contributed by atoms with Crippen molar-refractivity contribution in [2.24, 2.45) is 10.7 Å². The molecule has 2 aliphatic heterocycles. The fourth-order valence-electron chi connectivity index (χ4n) is 2.82. The van der Waals surface area contributed by atoms with Gasteiger partial charge in [0.05, 0.1) is 31.5 Å². The average Bonchev–Trinajstić information content (AvgIpc) is 2.42. The van der Waals surface area contributed by atoms with Crippen molar-refractivity contribution in [3.63, 3.8) is 0 Å². The Morgan fingerprint density at radius 2 is 2.26 bits per heavy atom. The summed E-state index contributed by atoms with van der Waals surface area (Å²) in [4.78, 5) is 6.73. The lowest BCUT2D eigenvalue weighted by Crippen LogP contribution is -2.56. The van der Waals surface area contributed by atoms with Crippen LogP contribution in [0.25, 0.3) is 0 Å². The van der Waals surface area contributed by atoms with E-state index in [2.05, 4.69) is 16.8 Å². The quantitative estimate of drug-likeness (QED) is 0.770. The molecule has 2 heterocycles. The summed E-state index contributed by atoms with van der Waals surface area (Å²) in [6.07, 6.45) is 4.98. The summed E-state index contributed by atoms with van der Waals surface area (Å²) in [5.41, 5.74) is 6.06. The van der Waals surface area contributed by atoms with E-state index in [1.165, 1.54) is 0 Å². The Labute approximate surface area is 116 Å². The average molecular weight is 269 g/mol. The largest absolute Gasteiger partial charge is 0.379 e. The second kappa shape index (κ2) is 7.33. The summed E-state index contributed by atoms with van der Waals surface area (Å²) >= 11 is 0. The Kier molecular flexibility index (Phi) is 5.76. The van der Waals surface area contributed by atoms with Crippen molar-refractivity contribution in [2.45, 2.75) is 37.8 Å². The maximum Gasteiger partial charge on any atom is 0.0823 e. The molecule has 1 saturated heterocycles. The van der Waals surface area contributed by atoms with Gasteiger partial charge in [-0.15, -0.1) is 0 Å². The third-order valence-corrected chi connectivity index (χ3v) is 3.96. The highest BCUT2D eigenvalue weighted by molar-refractivity contribution is 5.71. The fraction of sp³-hybridized carbons (Fsp3) is 0.929. The molecule has 0 aliphatic carbocycles. The molecule has 2 N–H and O–H groups in total. The topological polar surface area (TPSA) is 60.1 Å². The van der Waals surface area contributed by atoms with Crippen molar-refractivity contribution < 1.29 is 9.47 Å². The Balaban J connectivity index is 1.75. The second-order valence-corrected chi connectivity index (χ2v) is 5.50. The van der Waals surface area contributed by atoms with Crippen LogP contribution in [0.3, 0.4) is 0 Å². The zero-order valence-electron chi connectivity index (χ0n) is 12.0. The van der Waals surface area contributed by atoms with E-state index >= 15 is 0 Å². The first-order valence-electron chi connectivity index (χ1n) is 7.46. The summed E-state index contributed by atoms with van der Waals surface area (Å²) in [6, 6.07) is 0. The lowest BCUT2D eigenvalue weighted by atomic mass is 9.86. The zero-order valence-corrected chi connectivity index (χ0v) is 12.0. The van der Waals surface area contributed by atoms with Crippen molar-refractivity contribution in [3.8, 4) is 0 Å². The lowest BCUT2D eigenvalue weighted by Gasteiger charge is -2.37. The predicted molar refractivity (Wildman–Crippen MR) is 76.8 cm³/mol. The molecule has 1 fully saturated rings. The first-order chi connectivity index (χ1) is 9.24. The number of aliphatic imine (C=N–C) groups is 1. The Hall–Kier alpha value is -0.490. The SMILES string of the molecule is CCCC1(N)C=NCCC1OCCN1CCOCC1. The monoisotopic (exact) mass is 269 g/mol. The molecule has 0 aromatic heterocycles. The van der Waals surface area contributed by atoms with Crippen LogP contribution in [0.2, 0.25) is 0 Å². The molecule has 5 nitrogen and oxygen atoms in total. The van der Waals surface area contributed by atoms with Gasteiger partial charge in [-0.05, 0) is 12.8 Å². The predicted octanol–water partition coefficient (Wildman–Crippen LogP) is 0.676. The highest BCUT2D eigenvalue weighted by Crippen LogP contribution is 2.22. The van der Waals surface area contributed by atoms with Crippen LogP contribution in [0, 0.1) is 0 Å². The van der Waals surface area contributed by atoms with E-state index in [0.29, 0.717) is 0 Å². The summed E-state index contributed by atoms with van der Waals surface area (Å²) in [7, 11) is 0. The molecule has 0 aromatic rings. The highest BCUT2D eigenvalue weighted by Gasteiger charge is 2.35. The molecule has 110 valence electrons. The van der Waals surface area contributed by atoms with E-state index in [9.17, 15) is 0 Å². The van der Waals surface area contributed by atoms with E-state index in [4.69, 9.17) is 15.2 Å². The van der Waals surface area contributed by atoms with Gasteiger partial charge in [0.1, 0.15) is 0 Å². The molecule has 0 aromatic carbocycles. The minimum absolute atomic E-state index is 0.117. The smallest absolute Gasteiger partial charge is 0.0823 e. The van der Waals surface area contributed by atoms with Crippen LogP contribution in [0.15, 0.2) is 4.99 Å². The molecule has 0 amide bonds. The van der Waals surface area contributed by atoms with Crippen LogP contribution in [-0.4, -0.2) is 68.8 Å². The Morgan fingerprint density at radius 1 is 1.47 bits per heavy atom. The number of ether oxygens (including phenoxy) is 2. The van der Waals surface area contributed by atoms with Crippen molar-refractivity contribution >= 4 is 6.21 Å². The fourth-order valence-corrected chi connectivity index (χ4v) is 2.82. The van der Waals surface area contributed by atoms with Gasteiger partial charge in [0.25, 0.3) is 0 Å². The van der Waals surface area contributed by atoms with Crippen molar-refractivity contribution in [3.05, 3.63) is 0 Å². The first kappa shape index (κ1) is 14.9. The van der Waals surface area contributed by atoms with Crippen LogP contribution < -0.4 is 5.73 Å². The van der Waals surface area contributed by atoms with Gasteiger partial charge < -0.3 is 15.2 Å². The standard InChI is InChI=1S/C14H27N3O2/c1-2-4-14(15)12-16-5-3-13(14)19-11-8-17-6-9-18-10-7-17/h12-13H,2-11,15H2,1H3. The Morgan fingerprint density at radius 3 is 3.00 bits per heavy atom. The van der Waals surface area contributed by atoms with Gasteiger partial charge in [-0.2, -0.15) is 0 Å². The maximum atomic E-state index is 6.43. The van der Waals surface area contributed by atoms with Gasteiger partial charge in [0.15, 0.2) is 0 Å².